The molecule has 144 valence electrons. The van der Waals surface area contributed by atoms with E-state index in [1.54, 1.807) is 39.8 Å². The summed E-state index contributed by atoms with van der Waals surface area (Å²) in [5, 5.41) is 0.462. The van der Waals surface area contributed by atoms with Crippen LogP contribution in [0.15, 0.2) is 24.3 Å². The number of imide groups is 1. The van der Waals surface area contributed by atoms with Gasteiger partial charge in [0.2, 0.25) is 0 Å². The van der Waals surface area contributed by atoms with Crippen molar-refractivity contribution in [2.75, 3.05) is 6.54 Å². The number of nitrogens with zero attached hydrogens (tertiary/aromatic N) is 2. The van der Waals surface area contributed by atoms with Crippen molar-refractivity contribution in [2.24, 2.45) is 0 Å². The molecule has 1 saturated heterocycles. The monoisotopic (exact) mass is 374 g/mol. The molecule has 3 rings (SSSR count). The lowest BCUT2D eigenvalue weighted by Gasteiger charge is -2.34. The van der Waals surface area contributed by atoms with Crippen LogP contribution in [-0.4, -0.2) is 51.5 Å². The minimum atomic E-state index is -1.32. The van der Waals surface area contributed by atoms with Crippen LogP contribution in [0.4, 0.5) is 4.79 Å². The van der Waals surface area contributed by atoms with E-state index in [1.807, 2.05) is 0 Å². The van der Waals surface area contributed by atoms with E-state index in [0.29, 0.717) is 24.4 Å². The minimum absolute atomic E-state index is 0.177. The summed E-state index contributed by atoms with van der Waals surface area (Å²) in [5.41, 5.74) is -1.68. The summed E-state index contributed by atoms with van der Waals surface area (Å²) in [5.74, 6) is -2.25. The Morgan fingerprint density at radius 3 is 2.15 bits per heavy atom. The molecule has 8 heteroatoms. The maximum Gasteiger partial charge on any atom is 0.411 e. The van der Waals surface area contributed by atoms with Gasteiger partial charge in [0, 0.05) is 6.54 Å². The third-order valence-corrected chi connectivity index (χ3v) is 4.63. The van der Waals surface area contributed by atoms with Crippen molar-refractivity contribution >= 4 is 23.9 Å². The molecule has 1 atom stereocenters. The van der Waals surface area contributed by atoms with E-state index in [1.165, 1.54) is 17.0 Å². The van der Waals surface area contributed by atoms with E-state index in [4.69, 9.17) is 9.57 Å². The standard InChI is InChI=1S/C19H22N2O6/c1-18(2,3)26-17(25)20-11-7-10-19(20,4)16(24)27-21-14(22)12-8-5-6-9-13(12)15(21)23/h5-6,8-9H,7,10-11H2,1-4H3/t19-/m1/s1. The number of carbonyl (C=O) groups excluding carboxylic acids is 4. The normalized spacial score (nSPS) is 22.1. The molecule has 0 unspecified atom stereocenters. The van der Waals surface area contributed by atoms with Gasteiger partial charge in [0.15, 0.2) is 0 Å². The molecule has 0 spiro atoms. The fraction of sp³-hybridized carbons (Fsp3) is 0.474. The molecule has 0 bridgehead atoms. The summed E-state index contributed by atoms with van der Waals surface area (Å²) in [6.07, 6.45) is 0.281. The number of rotatable bonds is 2. The van der Waals surface area contributed by atoms with E-state index in [0.717, 1.165) is 0 Å². The first-order valence-electron chi connectivity index (χ1n) is 8.75. The molecule has 1 aromatic rings. The van der Waals surface area contributed by atoms with E-state index in [9.17, 15) is 19.2 Å². The highest BCUT2D eigenvalue weighted by atomic mass is 16.7. The van der Waals surface area contributed by atoms with Crippen molar-refractivity contribution in [1.82, 2.24) is 9.96 Å². The summed E-state index contributed by atoms with van der Waals surface area (Å²) >= 11 is 0. The highest BCUT2D eigenvalue weighted by Gasteiger charge is 2.51. The zero-order valence-electron chi connectivity index (χ0n) is 15.8. The summed E-state index contributed by atoms with van der Waals surface area (Å²) < 4.78 is 5.36. The fourth-order valence-corrected chi connectivity index (χ4v) is 3.22. The van der Waals surface area contributed by atoms with Crippen LogP contribution in [-0.2, 0) is 14.4 Å². The predicted molar refractivity (Wildman–Crippen MR) is 93.6 cm³/mol. The van der Waals surface area contributed by atoms with Gasteiger partial charge in [-0.25, -0.2) is 9.59 Å². The second-order valence-corrected chi connectivity index (χ2v) is 7.84. The van der Waals surface area contributed by atoms with Crippen molar-refractivity contribution in [3.63, 3.8) is 0 Å². The molecule has 0 N–H and O–H groups in total. The number of hydroxylamine groups is 2. The van der Waals surface area contributed by atoms with Gasteiger partial charge in [0.1, 0.15) is 11.1 Å². The highest BCUT2D eigenvalue weighted by molar-refractivity contribution is 6.21. The Morgan fingerprint density at radius 1 is 1.07 bits per heavy atom. The van der Waals surface area contributed by atoms with Crippen LogP contribution >= 0.6 is 0 Å². The molecule has 2 heterocycles. The second kappa shape index (κ2) is 6.37. The summed E-state index contributed by atoms with van der Waals surface area (Å²) in [6.45, 7) is 7.06. The van der Waals surface area contributed by atoms with Gasteiger partial charge in [-0.1, -0.05) is 17.2 Å². The summed E-state index contributed by atoms with van der Waals surface area (Å²) in [7, 11) is 0. The van der Waals surface area contributed by atoms with Crippen LogP contribution in [0.1, 0.15) is 61.3 Å². The Kier molecular flexibility index (Phi) is 4.45. The summed E-state index contributed by atoms with van der Waals surface area (Å²) in [4.78, 5) is 56.5. The average molecular weight is 374 g/mol. The number of amides is 3. The van der Waals surface area contributed by atoms with Crippen LogP contribution in [0.25, 0.3) is 0 Å². The van der Waals surface area contributed by atoms with Gasteiger partial charge in [0.25, 0.3) is 11.8 Å². The number of likely N-dealkylation sites (tertiary alicyclic amines) is 1. The molecule has 1 fully saturated rings. The lowest BCUT2D eigenvalue weighted by molar-refractivity contribution is -0.180. The molecular weight excluding hydrogens is 352 g/mol. The van der Waals surface area contributed by atoms with Crippen LogP contribution in [0, 0.1) is 0 Å². The first-order chi connectivity index (χ1) is 12.5. The third kappa shape index (κ3) is 3.27. The molecular formula is C19H22N2O6. The molecule has 0 saturated carbocycles. The van der Waals surface area contributed by atoms with E-state index < -0.39 is 35.0 Å². The van der Waals surface area contributed by atoms with E-state index in [-0.39, 0.29) is 11.1 Å². The predicted octanol–water partition coefficient (Wildman–Crippen LogP) is 2.53. The van der Waals surface area contributed by atoms with Gasteiger partial charge in [-0.2, -0.15) is 0 Å². The maximum atomic E-state index is 12.8. The number of carbonyl (C=O) groups is 4. The lowest BCUT2D eigenvalue weighted by atomic mass is 10.00. The van der Waals surface area contributed by atoms with Crippen molar-refractivity contribution < 1.29 is 28.8 Å². The Labute approximate surface area is 157 Å². The molecule has 1 aromatic carbocycles. The first-order valence-corrected chi connectivity index (χ1v) is 8.75. The Balaban J connectivity index is 1.78. The molecule has 2 aliphatic rings. The Bertz CT molecular complexity index is 793. The largest absolute Gasteiger partial charge is 0.444 e. The van der Waals surface area contributed by atoms with Crippen molar-refractivity contribution in [3.8, 4) is 0 Å². The highest BCUT2D eigenvalue weighted by Crippen LogP contribution is 2.33. The minimum Gasteiger partial charge on any atom is -0.444 e. The first kappa shape index (κ1) is 18.9. The molecule has 0 aliphatic carbocycles. The van der Waals surface area contributed by atoms with Crippen molar-refractivity contribution in [2.45, 2.75) is 51.7 Å². The zero-order chi connectivity index (χ0) is 20.0. The topological polar surface area (TPSA) is 93.2 Å². The van der Waals surface area contributed by atoms with Gasteiger partial charge >= 0.3 is 12.1 Å². The molecule has 2 aliphatic heterocycles. The number of benzene rings is 1. The van der Waals surface area contributed by atoms with Crippen molar-refractivity contribution in [1.29, 1.82) is 0 Å². The average Bonchev–Trinajstić information content (AvgIpc) is 3.09. The third-order valence-electron chi connectivity index (χ3n) is 4.63. The van der Waals surface area contributed by atoms with Crippen LogP contribution in [0.3, 0.4) is 0 Å². The molecule has 27 heavy (non-hydrogen) atoms. The van der Waals surface area contributed by atoms with Gasteiger partial charge in [-0.15, -0.1) is 0 Å². The van der Waals surface area contributed by atoms with Crippen LogP contribution in [0.5, 0.6) is 0 Å². The SMILES string of the molecule is CC(C)(C)OC(=O)N1CCC[C@]1(C)C(=O)ON1C(=O)c2ccccc2C1=O. The van der Waals surface area contributed by atoms with Crippen LogP contribution in [0.2, 0.25) is 0 Å². The zero-order valence-corrected chi connectivity index (χ0v) is 15.8. The van der Waals surface area contributed by atoms with Crippen molar-refractivity contribution in [3.05, 3.63) is 35.4 Å². The van der Waals surface area contributed by atoms with Gasteiger partial charge in [0.05, 0.1) is 11.1 Å². The molecule has 8 nitrogen and oxygen atoms in total. The molecule has 0 radical (unpaired) electrons. The lowest BCUT2D eigenvalue weighted by Crippen LogP contribution is -2.54. The Morgan fingerprint density at radius 2 is 1.63 bits per heavy atom. The maximum absolute atomic E-state index is 12.8. The summed E-state index contributed by atoms with van der Waals surface area (Å²) in [6, 6.07) is 6.23. The number of hydrogen-bond acceptors (Lipinski definition) is 6. The molecule has 3 amide bonds. The quantitative estimate of drug-likeness (QED) is 0.739. The van der Waals surface area contributed by atoms with Gasteiger partial charge in [-0.3, -0.25) is 14.5 Å². The second-order valence-electron chi connectivity index (χ2n) is 7.84. The number of hydrogen-bond donors (Lipinski definition) is 0. The van der Waals surface area contributed by atoms with E-state index in [2.05, 4.69) is 0 Å². The fourth-order valence-electron chi connectivity index (χ4n) is 3.22. The van der Waals surface area contributed by atoms with Gasteiger partial charge in [-0.05, 0) is 52.7 Å². The van der Waals surface area contributed by atoms with Crippen LogP contribution < -0.4 is 0 Å². The van der Waals surface area contributed by atoms with Gasteiger partial charge < -0.3 is 9.57 Å². The molecule has 0 aromatic heterocycles. The number of fused-ring (bicyclic) bond motifs is 1. The van der Waals surface area contributed by atoms with E-state index >= 15 is 0 Å². The number of ether oxygens (including phenoxy) is 1. The Hall–Kier alpha value is -2.90. The smallest absolute Gasteiger partial charge is 0.411 e.